The molecule has 3 rings (SSSR count). The number of amides is 2. The van der Waals surface area contributed by atoms with Crippen molar-refractivity contribution in [1.82, 2.24) is 4.90 Å². The number of hydrogen-bond acceptors (Lipinski definition) is 5. The summed E-state index contributed by atoms with van der Waals surface area (Å²) in [4.78, 5) is 36.2. The van der Waals surface area contributed by atoms with Gasteiger partial charge >= 0.3 is 5.69 Å². The second-order valence-electron chi connectivity index (χ2n) is 5.01. The predicted molar refractivity (Wildman–Crippen MR) is 80.3 cm³/mol. The van der Waals surface area contributed by atoms with Crippen molar-refractivity contribution in [3.05, 3.63) is 69.3 Å². The summed E-state index contributed by atoms with van der Waals surface area (Å²) in [6, 6.07) is 10.9. The SMILES string of the molecule is COc1ccc(CN2C(=O)c3ccccc3C2=O)cc1[N+](=O)[O-]. The molecule has 0 bridgehead atoms. The van der Waals surface area contributed by atoms with E-state index in [1.807, 2.05) is 0 Å². The minimum atomic E-state index is -0.565. The first-order chi connectivity index (χ1) is 11.0. The highest BCUT2D eigenvalue weighted by Crippen LogP contribution is 2.30. The number of ether oxygens (including phenoxy) is 1. The number of carbonyl (C=O) groups is 2. The lowest BCUT2D eigenvalue weighted by Gasteiger charge is -2.14. The van der Waals surface area contributed by atoms with E-state index < -0.39 is 16.7 Å². The predicted octanol–water partition coefficient (Wildman–Crippen LogP) is 2.40. The van der Waals surface area contributed by atoms with Crippen molar-refractivity contribution in [2.24, 2.45) is 0 Å². The largest absolute Gasteiger partial charge is 0.490 e. The molecule has 0 fully saturated rings. The second-order valence-corrected chi connectivity index (χ2v) is 5.01. The molecule has 7 nitrogen and oxygen atoms in total. The molecule has 7 heteroatoms. The van der Waals surface area contributed by atoms with Gasteiger partial charge in [0.25, 0.3) is 11.8 Å². The van der Waals surface area contributed by atoms with Crippen LogP contribution in [0.5, 0.6) is 5.75 Å². The van der Waals surface area contributed by atoms with E-state index in [0.29, 0.717) is 16.7 Å². The maximum absolute atomic E-state index is 12.3. The molecule has 0 spiro atoms. The van der Waals surface area contributed by atoms with Gasteiger partial charge < -0.3 is 4.74 Å². The van der Waals surface area contributed by atoms with Gasteiger partial charge in [0.2, 0.25) is 0 Å². The third kappa shape index (κ3) is 2.42. The number of benzene rings is 2. The Balaban J connectivity index is 1.92. The van der Waals surface area contributed by atoms with Crippen molar-refractivity contribution in [3.63, 3.8) is 0 Å². The van der Waals surface area contributed by atoms with Crippen LogP contribution in [0.2, 0.25) is 0 Å². The molecule has 1 aliphatic heterocycles. The lowest BCUT2D eigenvalue weighted by molar-refractivity contribution is -0.385. The zero-order valence-electron chi connectivity index (χ0n) is 12.2. The normalized spacial score (nSPS) is 13.2. The van der Waals surface area contributed by atoms with Gasteiger partial charge in [-0.25, -0.2) is 0 Å². The van der Waals surface area contributed by atoms with Crippen LogP contribution in [0.4, 0.5) is 5.69 Å². The van der Waals surface area contributed by atoms with Crippen LogP contribution >= 0.6 is 0 Å². The van der Waals surface area contributed by atoms with Gasteiger partial charge in [0.15, 0.2) is 5.75 Å². The molecule has 0 aromatic heterocycles. The minimum absolute atomic E-state index is 0.0306. The van der Waals surface area contributed by atoms with Crippen molar-refractivity contribution >= 4 is 17.5 Å². The second kappa shape index (κ2) is 5.53. The first-order valence-electron chi connectivity index (χ1n) is 6.79. The summed E-state index contributed by atoms with van der Waals surface area (Å²) in [6.45, 7) is -0.0306. The first kappa shape index (κ1) is 14.7. The molecule has 116 valence electrons. The quantitative estimate of drug-likeness (QED) is 0.491. The van der Waals surface area contributed by atoms with Crippen LogP contribution in [0.15, 0.2) is 42.5 Å². The Morgan fingerprint density at radius 1 is 1.09 bits per heavy atom. The third-order valence-electron chi connectivity index (χ3n) is 3.66. The van der Waals surface area contributed by atoms with Gasteiger partial charge in [0, 0.05) is 6.07 Å². The number of rotatable bonds is 4. The average molecular weight is 312 g/mol. The molecule has 2 aromatic rings. The fourth-order valence-corrected chi connectivity index (χ4v) is 2.54. The van der Waals surface area contributed by atoms with E-state index in [2.05, 4.69) is 0 Å². The number of nitro benzene ring substituents is 1. The Labute approximate surface area is 131 Å². The zero-order chi connectivity index (χ0) is 16.6. The fraction of sp³-hybridized carbons (Fsp3) is 0.125. The van der Waals surface area contributed by atoms with Crippen LogP contribution in [0.25, 0.3) is 0 Å². The van der Waals surface area contributed by atoms with Gasteiger partial charge in [0.1, 0.15) is 0 Å². The van der Waals surface area contributed by atoms with E-state index in [9.17, 15) is 19.7 Å². The molecule has 0 saturated carbocycles. The minimum Gasteiger partial charge on any atom is -0.490 e. The molecule has 0 atom stereocenters. The summed E-state index contributed by atoms with van der Waals surface area (Å²) in [5.41, 5.74) is 0.967. The van der Waals surface area contributed by atoms with Crippen LogP contribution in [0.1, 0.15) is 26.3 Å². The van der Waals surface area contributed by atoms with Crippen molar-refractivity contribution in [1.29, 1.82) is 0 Å². The molecule has 23 heavy (non-hydrogen) atoms. The topological polar surface area (TPSA) is 89.8 Å². The van der Waals surface area contributed by atoms with Gasteiger partial charge in [-0.05, 0) is 23.8 Å². The van der Waals surface area contributed by atoms with Crippen LogP contribution in [-0.2, 0) is 6.54 Å². The fourth-order valence-electron chi connectivity index (χ4n) is 2.54. The Morgan fingerprint density at radius 2 is 1.70 bits per heavy atom. The van der Waals surface area contributed by atoms with Crippen molar-refractivity contribution in [2.75, 3.05) is 7.11 Å². The standard InChI is InChI=1S/C16H12N2O5/c1-23-14-7-6-10(8-13(14)18(21)22)9-17-15(19)11-4-2-3-5-12(11)16(17)20/h2-8H,9H2,1H3. The van der Waals surface area contributed by atoms with Crippen LogP contribution < -0.4 is 4.74 Å². The maximum atomic E-state index is 12.3. The number of carbonyl (C=O) groups excluding carboxylic acids is 2. The number of hydrogen-bond donors (Lipinski definition) is 0. The van der Waals surface area contributed by atoms with Crippen LogP contribution in [-0.4, -0.2) is 28.7 Å². The molecule has 0 radical (unpaired) electrons. The molecule has 2 aromatic carbocycles. The monoisotopic (exact) mass is 312 g/mol. The smallest absolute Gasteiger partial charge is 0.311 e. The molecule has 2 amide bonds. The molecule has 1 aliphatic rings. The Bertz CT molecular complexity index is 796. The molecular formula is C16H12N2O5. The van der Waals surface area contributed by atoms with Crippen molar-refractivity contribution in [2.45, 2.75) is 6.54 Å². The third-order valence-corrected chi connectivity index (χ3v) is 3.66. The van der Waals surface area contributed by atoms with Gasteiger partial charge in [-0.3, -0.25) is 24.6 Å². The number of methoxy groups -OCH3 is 1. The Kier molecular flexibility index (Phi) is 3.53. The van der Waals surface area contributed by atoms with Gasteiger partial charge in [-0.2, -0.15) is 0 Å². The highest BCUT2D eigenvalue weighted by molar-refractivity contribution is 6.21. The van der Waals surface area contributed by atoms with E-state index in [1.54, 1.807) is 30.3 Å². The van der Waals surface area contributed by atoms with Gasteiger partial charge in [-0.15, -0.1) is 0 Å². The van der Waals surface area contributed by atoms with Crippen molar-refractivity contribution in [3.8, 4) is 5.75 Å². The van der Waals surface area contributed by atoms with Crippen LogP contribution in [0, 0.1) is 10.1 Å². The first-order valence-corrected chi connectivity index (χ1v) is 6.79. The molecule has 1 heterocycles. The average Bonchev–Trinajstić information content (AvgIpc) is 2.80. The lowest BCUT2D eigenvalue weighted by atomic mass is 10.1. The van der Waals surface area contributed by atoms with Crippen molar-refractivity contribution < 1.29 is 19.2 Å². The highest BCUT2D eigenvalue weighted by Gasteiger charge is 2.35. The van der Waals surface area contributed by atoms with E-state index in [-0.39, 0.29) is 18.0 Å². The molecule has 0 saturated heterocycles. The number of fused-ring (bicyclic) bond motifs is 1. The van der Waals surface area contributed by atoms with E-state index in [4.69, 9.17) is 4.74 Å². The number of imide groups is 1. The summed E-state index contributed by atoms with van der Waals surface area (Å²) in [7, 11) is 1.34. The number of nitro groups is 1. The summed E-state index contributed by atoms with van der Waals surface area (Å²) >= 11 is 0. The highest BCUT2D eigenvalue weighted by atomic mass is 16.6. The molecule has 0 unspecified atom stereocenters. The van der Waals surface area contributed by atoms with E-state index >= 15 is 0 Å². The summed E-state index contributed by atoms with van der Waals surface area (Å²) in [5, 5.41) is 11.1. The Hall–Kier alpha value is -3.22. The van der Waals surface area contributed by atoms with E-state index in [0.717, 1.165) is 4.90 Å². The summed E-state index contributed by atoms with van der Waals surface area (Å²) < 4.78 is 4.94. The molecule has 0 N–H and O–H groups in total. The van der Waals surface area contributed by atoms with E-state index in [1.165, 1.54) is 19.2 Å². The zero-order valence-corrected chi connectivity index (χ0v) is 12.2. The lowest BCUT2D eigenvalue weighted by Crippen LogP contribution is -2.29. The number of nitrogens with zero attached hydrogens (tertiary/aromatic N) is 2. The van der Waals surface area contributed by atoms with Gasteiger partial charge in [-0.1, -0.05) is 18.2 Å². The summed E-state index contributed by atoms with van der Waals surface area (Å²) in [5.74, 6) is -0.672. The maximum Gasteiger partial charge on any atom is 0.311 e. The summed E-state index contributed by atoms with van der Waals surface area (Å²) in [6.07, 6.45) is 0. The van der Waals surface area contributed by atoms with Gasteiger partial charge in [0.05, 0.1) is 29.7 Å². The van der Waals surface area contributed by atoms with Crippen LogP contribution in [0.3, 0.4) is 0 Å². The molecular weight excluding hydrogens is 300 g/mol. The molecule has 0 aliphatic carbocycles. The Morgan fingerprint density at radius 3 is 2.22 bits per heavy atom.